The molecule has 0 bridgehead atoms. The molecule has 4 N–H and O–H groups in total. The Kier molecular flexibility index (Phi) is 4.28. The van der Waals surface area contributed by atoms with E-state index < -0.39 is 0 Å². The Morgan fingerprint density at radius 1 is 0.957 bits per heavy atom. The molecule has 0 atom stereocenters. The highest BCUT2D eigenvalue weighted by molar-refractivity contribution is 7.22. The highest BCUT2D eigenvalue weighted by Crippen LogP contribution is 2.37. The number of rotatable bonds is 1. The second kappa shape index (κ2) is 6.36. The third-order valence-electron chi connectivity index (χ3n) is 3.80. The zero-order valence-corrected chi connectivity index (χ0v) is 14.0. The average Bonchev–Trinajstić information content (AvgIpc) is 3.06. The molecule has 0 aliphatic heterocycles. The van der Waals surface area contributed by atoms with E-state index in [-0.39, 0.29) is 0 Å². The zero-order valence-electron chi connectivity index (χ0n) is 13.2. The molecule has 0 fully saturated rings. The van der Waals surface area contributed by atoms with Crippen LogP contribution in [0.2, 0.25) is 0 Å². The predicted octanol–water partition coefficient (Wildman–Crippen LogP) is 4.58. The van der Waals surface area contributed by atoms with Gasteiger partial charge in [0.1, 0.15) is 5.82 Å². The van der Waals surface area contributed by atoms with Crippen LogP contribution in [0.25, 0.3) is 31.3 Å². The number of aromatic nitrogens is 1. The largest absolute Gasteiger partial charge is 0.383 e. The van der Waals surface area contributed by atoms with Crippen LogP contribution in [0.4, 0.5) is 5.82 Å². The van der Waals surface area contributed by atoms with Crippen molar-refractivity contribution in [1.82, 2.24) is 4.98 Å². The summed E-state index contributed by atoms with van der Waals surface area (Å²) >= 11 is 1.78. The number of aryl methyl sites for hydroxylation is 1. The summed E-state index contributed by atoms with van der Waals surface area (Å²) in [4.78, 5) is 5.48. The molecule has 0 aliphatic carbocycles. The van der Waals surface area contributed by atoms with E-state index in [0.717, 1.165) is 5.39 Å². The molecule has 2 aromatic carbocycles. The summed E-state index contributed by atoms with van der Waals surface area (Å²) in [5.41, 5.74) is 12.9. The van der Waals surface area contributed by atoms with Gasteiger partial charge in [-0.15, -0.1) is 11.3 Å². The van der Waals surface area contributed by atoms with Gasteiger partial charge >= 0.3 is 0 Å². The SMILES string of the molecule is CN.Cc1cnc(N)c2cc(-c3ccc4ccccc4c3)sc12. The highest BCUT2D eigenvalue weighted by Gasteiger charge is 2.10. The molecule has 0 saturated carbocycles. The maximum Gasteiger partial charge on any atom is 0.132 e. The van der Waals surface area contributed by atoms with E-state index in [1.165, 1.54) is 38.5 Å². The van der Waals surface area contributed by atoms with E-state index in [1.807, 2.05) is 6.20 Å². The summed E-state index contributed by atoms with van der Waals surface area (Å²) in [6.45, 7) is 2.08. The van der Waals surface area contributed by atoms with E-state index in [0.29, 0.717) is 5.82 Å². The molecular weight excluding hydrogens is 302 g/mol. The Morgan fingerprint density at radius 3 is 2.43 bits per heavy atom. The number of hydrogen-bond acceptors (Lipinski definition) is 4. The number of anilines is 1. The van der Waals surface area contributed by atoms with Crippen molar-refractivity contribution in [3.63, 3.8) is 0 Å². The predicted molar refractivity (Wildman–Crippen MR) is 102 cm³/mol. The molecule has 0 aliphatic rings. The first-order valence-corrected chi connectivity index (χ1v) is 8.25. The molecule has 4 aromatic rings. The molecule has 0 spiro atoms. The summed E-state index contributed by atoms with van der Waals surface area (Å²) in [7, 11) is 1.50. The fourth-order valence-corrected chi connectivity index (χ4v) is 3.78. The Morgan fingerprint density at radius 2 is 1.70 bits per heavy atom. The standard InChI is InChI=1S/C18H14N2S.CH5N/c1-11-10-20-18(19)15-9-16(21-17(11)15)14-7-6-12-4-2-3-5-13(12)8-14;1-2/h2-10H,1H3,(H2,19,20);2H2,1H3. The summed E-state index contributed by atoms with van der Waals surface area (Å²) in [5, 5.41) is 3.58. The van der Waals surface area contributed by atoms with E-state index in [4.69, 9.17) is 5.73 Å². The number of hydrogen-bond donors (Lipinski definition) is 2. The van der Waals surface area contributed by atoms with Gasteiger partial charge < -0.3 is 11.5 Å². The summed E-state index contributed by atoms with van der Waals surface area (Å²) in [6.07, 6.45) is 1.85. The number of nitrogens with zero attached hydrogens (tertiary/aromatic N) is 1. The van der Waals surface area contributed by atoms with Crippen molar-refractivity contribution in [2.75, 3.05) is 12.8 Å². The van der Waals surface area contributed by atoms with Gasteiger partial charge in [0.2, 0.25) is 0 Å². The second-order valence-corrected chi connectivity index (χ2v) is 6.29. The van der Waals surface area contributed by atoms with Crippen LogP contribution in [0.15, 0.2) is 54.7 Å². The van der Waals surface area contributed by atoms with Crippen molar-refractivity contribution in [2.45, 2.75) is 6.92 Å². The van der Waals surface area contributed by atoms with Gasteiger partial charge in [-0.1, -0.05) is 36.4 Å². The number of nitrogen functional groups attached to an aromatic ring is 1. The van der Waals surface area contributed by atoms with Crippen LogP contribution >= 0.6 is 11.3 Å². The second-order valence-electron chi connectivity index (χ2n) is 5.24. The average molecular weight is 321 g/mol. The van der Waals surface area contributed by atoms with Crippen LogP contribution < -0.4 is 11.5 Å². The Bertz CT molecular complexity index is 934. The van der Waals surface area contributed by atoms with Gasteiger partial charge in [-0.3, -0.25) is 0 Å². The molecular formula is C19H19N3S. The molecule has 116 valence electrons. The minimum Gasteiger partial charge on any atom is -0.383 e. The highest BCUT2D eigenvalue weighted by atomic mass is 32.1. The fraction of sp³-hybridized carbons (Fsp3) is 0.105. The fourth-order valence-electron chi connectivity index (χ4n) is 2.65. The van der Waals surface area contributed by atoms with Crippen LogP contribution in [-0.4, -0.2) is 12.0 Å². The van der Waals surface area contributed by atoms with E-state index in [9.17, 15) is 0 Å². The normalized spacial score (nSPS) is 10.6. The molecule has 4 heteroatoms. The maximum absolute atomic E-state index is 6.00. The first-order chi connectivity index (χ1) is 11.2. The van der Waals surface area contributed by atoms with Crippen molar-refractivity contribution in [3.05, 3.63) is 60.3 Å². The molecule has 2 aromatic heterocycles. The van der Waals surface area contributed by atoms with Gasteiger partial charge in [-0.25, -0.2) is 4.98 Å². The lowest BCUT2D eigenvalue weighted by atomic mass is 10.1. The molecule has 0 unspecified atom stereocenters. The Hall–Kier alpha value is -2.43. The monoisotopic (exact) mass is 321 g/mol. The Labute approximate surface area is 139 Å². The molecule has 3 nitrogen and oxygen atoms in total. The van der Waals surface area contributed by atoms with E-state index in [2.05, 4.69) is 66.2 Å². The molecule has 23 heavy (non-hydrogen) atoms. The maximum atomic E-state index is 6.00. The number of nitrogens with two attached hydrogens (primary N) is 2. The minimum atomic E-state index is 0.610. The molecule has 2 heterocycles. The number of pyridine rings is 1. The quantitative estimate of drug-likeness (QED) is 0.539. The lowest BCUT2D eigenvalue weighted by molar-refractivity contribution is 1.32. The molecule has 0 radical (unpaired) electrons. The van der Waals surface area contributed by atoms with E-state index in [1.54, 1.807) is 11.3 Å². The van der Waals surface area contributed by atoms with Crippen LogP contribution in [0.1, 0.15) is 5.56 Å². The van der Waals surface area contributed by atoms with Crippen molar-refractivity contribution < 1.29 is 0 Å². The third-order valence-corrected chi connectivity index (χ3v) is 5.12. The Balaban J connectivity index is 0.000000753. The number of thiophene rings is 1. The minimum absolute atomic E-state index is 0.610. The van der Waals surface area contributed by atoms with Gasteiger partial charge in [0.05, 0.1) is 0 Å². The number of benzene rings is 2. The van der Waals surface area contributed by atoms with Gasteiger partial charge in [0, 0.05) is 21.2 Å². The van der Waals surface area contributed by atoms with Gasteiger partial charge in [-0.2, -0.15) is 0 Å². The van der Waals surface area contributed by atoms with Crippen molar-refractivity contribution in [1.29, 1.82) is 0 Å². The van der Waals surface area contributed by atoms with Crippen LogP contribution in [0, 0.1) is 6.92 Å². The first-order valence-electron chi connectivity index (χ1n) is 7.44. The molecule has 4 rings (SSSR count). The molecule has 0 amide bonds. The lowest BCUT2D eigenvalue weighted by Gasteiger charge is -2.01. The summed E-state index contributed by atoms with van der Waals surface area (Å²) < 4.78 is 1.23. The van der Waals surface area contributed by atoms with Gasteiger partial charge in [0.25, 0.3) is 0 Å². The smallest absolute Gasteiger partial charge is 0.132 e. The van der Waals surface area contributed by atoms with Crippen molar-refractivity contribution in [2.24, 2.45) is 5.73 Å². The molecule has 0 saturated heterocycles. The van der Waals surface area contributed by atoms with Crippen LogP contribution in [0.5, 0.6) is 0 Å². The summed E-state index contributed by atoms with van der Waals surface area (Å²) in [6, 6.07) is 17.2. The van der Waals surface area contributed by atoms with E-state index >= 15 is 0 Å². The number of fused-ring (bicyclic) bond motifs is 2. The first kappa shape index (κ1) is 15.5. The van der Waals surface area contributed by atoms with Crippen molar-refractivity contribution in [3.8, 4) is 10.4 Å². The van der Waals surface area contributed by atoms with Crippen molar-refractivity contribution >= 4 is 38.0 Å². The summed E-state index contributed by atoms with van der Waals surface area (Å²) in [5.74, 6) is 0.610. The third kappa shape index (κ3) is 2.79. The topological polar surface area (TPSA) is 64.9 Å². The van der Waals surface area contributed by atoms with Gasteiger partial charge in [-0.05, 0) is 48.0 Å². The zero-order chi connectivity index (χ0) is 16.4. The van der Waals surface area contributed by atoms with Crippen LogP contribution in [0.3, 0.4) is 0 Å². The lowest BCUT2D eigenvalue weighted by Crippen LogP contribution is -1.90. The van der Waals surface area contributed by atoms with Gasteiger partial charge in [0.15, 0.2) is 0 Å². The van der Waals surface area contributed by atoms with Crippen LogP contribution in [-0.2, 0) is 0 Å².